The van der Waals surface area contributed by atoms with Gasteiger partial charge < -0.3 is 10.2 Å². The molecule has 4 rings (SSSR count). The van der Waals surface area contributed by atoms with Gasteiger partial charge in [0.15, 0.2) is 0 Å². The number of hydrogen-bond acceptors (Lipinski definition) is 3. The Morgan fingerprint density at radius 2 is 2.04 bits per heavy atom. The molecule has 2 aliphatic heterocycles. The highest BCUT2D eigenvalue weighted by molar-refractivity contribution is 5.81. The number of rotatable bonds is 3. The lowest BCUT2D eigenvalue weighted by Crippen LogP contribution is -2.48. The van der Waals surface area contributed by atoms with Gasteiger partial charge in [0.1, 0.15) is 11.9 Å². The second-order valence-electron chi connectivity index (χ2n) is 9.46. The van der Waals surface area contributed by atoms with Crippen molar-refractivity contribution < 1.29 is 13.6 Å². The summed E-state index contributed by atoms with van der Waals surface area (Å²) in [5, 5.41) is 7.97. The molecule has 2 fully saturated rings. The Hall–Kier alpha value is -1.66. The first-order valence-electron chi connectivity index (χ1n) is 10.2. The third-order valence-electron chi connectivity index (χ3n) is 6.20. The molecule has 150 valence electrons. The Kier molecular flexibility index (Phi) is 4.67. The maximum Gasteiger partial charge on any atom is 0.260 e. The number of anilines is 1. The Morgan fingerprint density at radius 3 is 2.67 bits per heavy atom. The first kappa shape index (κ1) is 18.7. The molecule has 0 aromatic carbocycles. The number of aromatic nitrogens is 2. The summed E-state index contributed by atoms with van der Waals surface area (Å²) in [7, 11) is 0. The highest BCUT2D eigenvalue weighted by Gasteiger charge is 2.41. The minimum Gasteiger partial charge on any atom is -0.367 e. The lowest BCUT2D eigenvalue weighted by molar-refractivity contribution is -0.134. The van der Waals surface area contributed by atoms with Gasteiger partial charge in [-0.1, -0.05) is 20.8 Å². The minimum absolute atomic E-state index is 0.0455. The first-order valence-corrected chi connectivity index (χ1v) is 10.2. The van der Waals surface area contributed by atoms with Crippen molar-refractivity contribution in [3.05, 3.63) is 11.8 Å². The van der Waals surface area contributed by atoms with Crippen LogP contribution in [0.3, 0.4) is 0 Å². The average Bonchev–Trinajstić information content (AvgIpc) is 3.37. The molecule has 3 heterocycles. The molecule has 1 aromatic heterocycles. The van der Waals surface area contributed by atoms with Crippen LogP contribution in [0.2, 0.25) is 0 Å². The molecule has 1 aliphatic carbocycles. The molecule has 1 amide bonds. The van der Waals surface area contributed by atoms with E-state index in [2.05, 4.69) is 10.4 Å². The second-order valence-corrected chi connectivity index (χ2v) is 9.46. The van der Waals surface area contributed by atoms with E-state index in [1.165, 1.54) is 4.68 Å². The van der Waals surface area contributed by atoms with Crippen LogP contribution in [0.5, 0.6) is 0 Å². The van der Waals surface area contributed by atoms with Crippen molar-refractivity contribution >= 4 is 11.7 Å². The summed E-state index contributed by atoms with van der Waals surface area (Å²) in [5.74, 6) is 1.38. The van der Waals surface area contributed by atoms with Crippen molar-refractivity contribution in [2.75, 3.05) is 18.4 Å². The molecule has 0 spiro atoms. The zero-order chi connectivity index (χ0) is 19.3. The fourth-order valence-corrected chi connectivity index (χ4v) is 4.38. The van der Waals surface area contributed by atoms with Crippen LogP contribution in [0.15, 0.2) is 6.07 Å². The summed E-state index contributed by atoms with van der Waals surface area (Å²) in [6.07, 6.45) is 1.84. The van der Waals surface area contributed by atoms with Crippen LogP contribution in [0.25, 0.3) is 0 Å². The van der Waals surface area contributed by atoms with Crippen molar-refractivity contribution in [3.63, 3.8) is 0 Å². The smallest absolute Gasteiger partial charge is 0.260 e. The lowest BCUT2D eigenvalue weighted by Gasteiger charge is -2.41. The topological polar surface area (TPSA) is 50.2 Å². The number of alkyl halides is 2. The predicted octanol–water partition coefficient (Wildman–Crippen LogP) is 3.82. The third-order valence-corrected chi connectivity index (χ3v) is 6.20. The largest absolute Gasteiger partial charge is 0.367 e. The van der Waals surface area contributed by atoms with Crippen LogP contribution >= 0.6 is 0 Å². The van der Waals surface area contributed by atoms with Crippen molar-refractivity contribution in [2.45, 2.75) is 76.8 Å². The van der Waals surface area contributed by atoms with Crippen LogP contribution in [-0.4, -0.2) is 46.1 Å². The van der Waals surface area contributed by atoms with E-state index in [1.807, 2.05) is 31.7 Å². The van der Waals surface area contributed by atoms with Gasteiger partial charge in [-0.2, -0.15) is 5.10 Å². The molecule has 0 radical (unpaired) electrons. The molecule has 0 bridgehead atoms. The fraction of sp³-hybridized carbons (Fsp3) is 0.800. The highest BCUT2D eigenvalue weighted by atomic mass is 19.3. The lowest BCUT2D eigenvalue weighted by atomic mass is 9.85. The van der Waals surface area contributed by atoms with E-state index in [4.69, 9.17) is 0 Å². The zero-order valence-electron chi connectivity index (χ0n) is 16.4. The molecule has 1 aromatic rings. The number of nitrogens with one attached hydrogen (secondary N) is 1. The van der Waals surface area contributed by atoms with Crippen LogP contribution in [-0.2, 0) is 10.2 Å². The van der Waals surface area contributed by atoms with Crippen molar-refractivity contribution in [2.24, 2.45) is 11.8 Å². The predicted molar refractivity (Wildman–Crippen MR) is 100 cm³/mol. The number of amides is 1. The van der Waals surface area contributed by atoms with Crippen LogP contribution in [0.4, 0.5) is 14.6 Å². The van der Waals surface area contributed by atoms with Gasteiger partial charge in [-0.25, -0.2) is 13.5 Å². The molecule has 1 unspecified atom stereocenters. The molecule has 3 aliphatic rings. The Morgan fingerprint density at radius 1 is 1.30 bits per heavy atom. The van der Waals surface area contributed by atoms with E-state index >= 15 is 0 Å². The summed E-state index contributed by atoms with van der Waals surface area (Å²) >= 11 is 0. The van der Waals surface area contributed by atoms with E-state index in [9.17, 15) is 13.6 Å². The maximum atomic E-state index is 13.8. The molecule has 27 heavy (non-hydrogen) atoms. The molecule has 3 atom stereocenters. The standard InChI is InChI=1S/C20H30F2N4O/c1-20(2,3)16-10-17-23-14(9-15(18(21)22)26(17)24-16)13-5-4-8-25(11-13)19(27)12-6-7-12/h10,12-15,18,23H,4-9,11H2,1-3H3/t13?,14-,15+/m0/s1. The molecule has 1 N–H and O–H groups in total. The molecule has 1 saturated carbocycles. The number of piperidine rings is 1. The Balaban J connectivity index is 1.54. The molecule has 5 nitrogen and oxygen atoms in total. The molecule has 1 saturated heterocycles. The summed E-state index contributed by atoms with van der Waals surface area (Å²) < 4.78 is 29.1. The van der Waals surface area contributed by atoms with Crippen LogP contribution < -0.4 is 5.32 Å². The molecule has 7 heteroatoms. The van der Waals surface area contributed by atoms with E-state index in [0.29, 0.717) is 18.8 Å². The maximum absolute atomic E-state index is 13.8. The third kappa shape index (κ3) is 3.69. The highest BCUT2D eigenvalue weighted by Crippen LogP contribution is 2.39. The number of halogens is 2. The average molecular weight is 380 g/mol. The van der Waals surface area contributed by atoms with Gasteiger partial charge >= 0.3 is 0 Å². The minimum atomic E-state index is -2.45. The number of carbonyl (C=O) groups excluding carboxylic acids is 1. The van der Waals surface area contributed by atoms with E-state index < -0.39 is 12.5 Å². The number of likely N-dealkylation sites (tertiary alicyclic amines) is 1. The summed E-state index contributed by atoms with van der Waals surface area (Å²) in [6.45, 7) is 7.61. The first-order chi connectivity index (χ1) is 12.7. The van der Waals surface area contributed by atoms with E-state index in [0.717, 1.165) is 37.9 Å². The fourth-order valence-electron chi connectivity index (χ4n) is 4.38. The molecular weight excluding hydrogens is 350 g/mol. The number of carbonyl (C=O) groups is 1. The van der Waals surface area contributed by atoms with Gasteiger partial charge in [-0.3, -0.25) is 4.79 Å². The Bertz CT molecular complexity index is 707. The number of nitrogens with zero attached hydrogens (tertiary/aromatic N) is 3. The van der Waals surface area contributed by atoms with Crippen LogP contribution in [0.1, 0.15) is 64.6 Å². The van der Waals surface area contributed by atoms with Gasteiger partial charge in [0.05, 0.1) is 5.69 Å². The van der Waals surface area contributed by atoms with Gasteiger partial charge in [0.2, 0.25) is 5.91 Å². The van der Waals surface area contributed by atoms with E-state index in [-0.39, 0.29) is 29.2 Å². The normalized spacial score (nSPS) is 28.8. The summed E-state index contributed by atoms with van der Waals surface area (Å²) in [6, 6.07) is 0.963. The monoisotopic (exact) mass is 380 g/mol. The summed E-state index contributed by atoms with van der Waals surface area (Å²) in [4.78, 5) is 14.4. The van der Waals surface area contributed by atoms with Crippen molar-refractivity contribution in [1.82, 2.24) is 14.7 Å². The quantitative estimate of drug-likeness (QED) is 0.867. The zero-order valence-corrected chi connectivity index (χ0v) is 16.4. The number of fused-ring (bicyclic) bond motifs is 1. The number of hydrogen-bond donors (Lipinski definition) is 1. The van der Waals surface area contributed by atoms with Crippen LogP contribution in [0, 0.1) is 11.8 Å². The Labute approximate surface area is 159 Å². The summed E-state index contributed by atoms with van der Waals surface area (Å²) in [5.41, 5.74) is 0.637. The van der Waals surface area contributed by atoms with Gasteiger partial charge in [0.25, 0.3) is 6.43 Å². The van der Waals surface area contributed by atoms with Gasteiger partial charge in [-0.05, 0) is 38.0 Å². The van der Waals surface area contributed by atoms with Gasteiger partial charge in [-0.15, -0.1) is 0 Å². The second kappa shape index (κ2) is 6.74. The SMILES string of the molecule is CC(C)(C)c1cc2n(n1)[C@@H](C(F)F)C[C@@H](C1CCCN(C(=O)C3CC3)C1)N2. The van der Waals surface area contributed by atoms with Crippen molar-refractivity contribution in [1.29, 1.82) is 0 Å². The molecular formula is C20H30F2N4O. The van der Waals surface area contributed by atoms with Crippen molar-refractivity contribution in [3.8, 4) is 0 Å². The van der Waals surface area contributed by atoms with Gasteiger partial charge in [0, 0.05) is 36.5 Å². The van der Waals surface area contributed by atoms with E-state index in [1.54, 1.807) is 0 Å².